The number of fused-ring (bicyclic) bond motifs is 12. The van der Waals surface area contributed by atoms with E-state index in [1.165, 1.54) is 11.3 Å². The first-order chi connectivity index (χ1) is 38.1. The zero-order valence-corrected chi connectivity index (χ0v) is 45.5. The zero-order valence-electron chi connectivity index (χ0n) is 45.5. The van der Waals surface area contributed by atoms with E-state index in [9.17, 15) is 15.3 Å². The number of anilines is 1. The largest absolute Gasteiger partial charge is 0.382 e. The average Bonchev–Trinajstić information content (AvgIpc) is 3.57. The van der Waals surface area contributed by atoms with Gasteiger partial charge in [-0.15, -0.1) is 19.7 Å². The van der Waals surface area contributed by atoms with E-state index in [0.717, 1.165) is 173 Å². The first-order valence-corrected chi connectivity index (χ1v) is 29.5. The van der Waals surface area contributed by atoms with Crippen molar-refractivity contribution >= 4 is 38.4 Å². The summed E-state index contributed by atoms with van der Waals surface area (Å²) < 4.78 is 2.56. The van der Waals surface area contributed by atoms with Crippen molar-refractivity contribution in [1.82, 2.24) is 15.0 Å². The van der Waals surface area contributed by atoms with Gasteiger partial charge in [0.15, 0.2) is 0 Å². The quantitative estimate of drug-likeness (QED) is 0.0581. The first-order valence-electron chi connectivity index (χ1n) is 29.5. The molecule has 0 radical (unpaired) electrons. The molecule has 3 N–H and O–H groups in total. The Hall–Kier alpha value is -6.11. The van der Waals surface area contributed by atoms with Crippen molar-refractivity contribution in [3.05, 3.63) is 194 Å². The van der Waals surface area contributed by atoms with E-state index in [-0.39, 0.29) is 18.1 Å². The number of pyridine rings is 3. The lowest BCUT2D eigenvalue weighted by molar-refractivity contribution is -0.984. The predicted molar refractivity (Wildman–Crippen MR) is 313 cm³/mol. The number of nitrogens with zero attached hydrogens (tertiary/aromatic N) is 7. The Balaban J connectivity index is 0.838. The van der Waals surface area contributed by atoms with Crippen LogP contribution in [0.25, 0.3) is 32.7 Å². The molecule has 16 rings (SSSR count). The summed E-state index contributed by atoms with van der Waals surface area (Å²) in [6, 6.07) is 40.6. The molecular formula is C68H80N7O3+3. The lowest BCUT2D eigenvalue weighted by Gasteiger charge is -2.59. The van der Waals surface area contributed by atoms with Gasteiger partial charge < -0.3 is 33.7 Å². The number of hydrogen-bond acceptors (Lipinski definition) is 7. The minimum atomic E-state index is -0.623. The van der Waals surface area contributed by atoms with E-state index in [1.807, 2.05) is 48.9 Å². The van der Waals surface area contributed by atoms with Gasteiger partial charge in [-0.2, -0.15) is 0 Å². The summed E-state index contributed by atoms with van der Waals surface area (Å²) in [7, 11) is 0. The molecule has 15 atom stereocenters. The molecule has 0 spiro atoms. The van der Waals surface area contributed by atoms with Gasteiger partial charge in [0.1, 0.15) is 43.0 Å². The third kappa shape index (κ3) is 8.91. The molecule has 10 nitrogen and oxygen atoms in total. The predicted octanol–water partition coefficient (Wildman–Crippen LogP) is 11.1. The van der Waals surface area contributed by atoms with Gasteiger partial charge in [0.2, 0.25) is 0 Å². The van der Waals surface area contributed by atoms with Crippen molar-refractivity contribution in [3.8, 4) is 0 Å². The lowest BCUT2D eigenvalue weighted by atomic mass is 9.71. The van der Waals surface area contributed by atoms with Crippen LogP contribution in [0.1, 0.15) is 79.1 Å². The van der Waals surface area contributed by atoms with Gasteiger partial charge in [0.05, 0.1) is 82.0 Å². The van der Waals surface area contributed by atoms with Gasteiger partial charge in [0, 0.05) is 102 Å². The Morgan fingerprint density at radius 2 is 0.833 bits per heavy atom. The molecule has 4 aromatic carbocycles. The van der Waals surface area contributed by atoms with Crippen LogP contribution < -0.4 is 4.90 Å². The van der Waals surface area contributed by atoms with Crippen LogP contribution in [0.5, 0.6) is 0 Å². The lowest BCUT2D eigenvalue weighted by Crippen LogP contribution is -2.70. The van der Waals surface area contributed by atoms with Crippen LogP contribution in [0.15, 0.2) is 172 Å². The summed E-state index contributed by atoms with van der Waals surface area (Å²) in [6.07, 6.45) is 16.7. The highest BCUT2D eigenvalue weighted by Crippen LogP contribution is 2.51. The zero-order chi connectivity index (χ0) is 53.2. The molecule has 0 aliphatic carbocycles. The van der Waals surface area contributed by atoms with Crippen LogP contribution >= 0.6 is 0 Å². The fraction of sp³-hybridized carbons (Fsp3) is 0.426. The minimum Gasteiger partial charge on any atom is -0.382 e. The van der Waals surface area contributed by atoms with Crippen molar-refractivity contribution in [2.75, 3.05) is 70.3 Å². The smallest absolute Gasteiger partial charge is 0.131 e. The highest BCUT2D eigenvalue weighted by Gasteiger charge is 2.57. The molecule has 402 valence electrons. The van der Waals surface area contributed by atoms with E-state index < -0.39 is 18.3 Å². The molecular weight excluding hydrogens is 963 g/mol. The molecule has 9 fully saturated rings. The molecule has 78 heavy (non-hydrogen) atoms. The van der Waals surface area contributed by atoms with Crippen LogP contribution in [0.2, 0.25) is 0 Å². The van der Waals surface area contributed by atoms with E-state index in [4.69, 9.17) is 9.97 Å². The second kappa shape index (κ2) is 20.8. The topological polar surface area (TPSA) is 103 Å². The third-order valence-corrected chi connectivity index (χ3v) is 21.6. The maximum absolute atomic E-state index is 12.8. The second-order valence-corrected chi connectivity index (χ2v) is 25.0. The molecule has 12 heterocycles. The van der Waals surface area contributed by atoms with Crippen LogP contribution in [-0.4, -0.2) is 127 Å². The number of hydrogen-bond donors (Lipinski definition) is 3. The summed E-state index contributed by atoms with van der Waals surface area (Å²) in [6.45, 7) is 23.5. The van der Waals surface area contributed by atoms with Crippen molar-refractivity contribution < 1.29 is 28.8 Å². The normalized spacial score (nSPS) is 32.2. The molecule has 9 aliphatic rings. The van der Waals surface area contributed by atoms with Crippen LogP contribution in [-0.2, 0) is 6.54 Å². The molecule has 9 aliphatic heterocycles. The van der Waals surface area contributed by atoms with E-state index in [1.54, 1.807) is 0 Å². The molecule has 6 bridgehead atoms. The number of quaternary nitrogens is 3. The van der Waals surface area contributed by atoms with E-state index in [2.05, 4.69) is 133 Å². The third-order valence-electron chi connectivity index (χ3n) is 21.6. The molecule has 10 heteroatoms. The molecule has 0 saturated carbocycles. The van der Waals surface area contributed by atoms with E-state index >= 15 is 0 Å². The maximum Gasteiger partial charge on any atom is 0.131 e. The Labute approximate surface area is 461 Å². The SMILES string of the molecule is C=C[C@H]1C[N@+]2(CCN(CC[N@@+]34CC[C@@H](C[C@@H]3[C@H](O)c3ccnc5ccccc35)[C@@H](C=C)C4)c3ccc(C[N@@+]45CC[C@@H](C[C@@H]4[C@H](O)c4ccnc6ccccc46)[C@@H](C=C)C5)cc3)CC[C@H]1C[C@@H]2[C@H](O)c1ccnc2ccccc12. The molecule has 3 aromatic heterocycles. The first kappa shape index (κ1) is 51.3. The maximum atomic E-state index is 12.8. The summed E-state index contributed by atoms with van der Waals surface area (Å²) in [5.74, 6) is 2.79. The number of para-hydroxylation sites is 3. The van der Waals surface area contributed by atoms with Crippen LogP contribution in [0.4, 0.5) is 5.69 Å². The summed E-state index contributed by atoms with van der Waals surface area (Å²) >= 11 is 0. The number of piperidine rings is 9. The van der Waals surface area contributed by atoms with Crippen molar-refractivity contribution in [2.24, 2.45) is 35.5 Å². The summed E-state index contributed by atoms with van der Waals surface area (Å²) in [4.78, 5) is 16.7. The second-order valence-electron chi connectivity index (χ2n) is 25.0. The Morgan fingerprint density at radius 3 is 1.23 bits per heavy atom. The highest BCUT2D eigenvalue weighted by molar-refractivity contribution is 5.84. The van der Waals surface area contributed by atoms with Gasteiger partial charge in [-0.05, 0) is 83.0 Å². The van der Waals surface area contributed by atoms with Gasteiger partial charge in [0.25, 0.3) is 0 Å². The van der Waals surface area contributed by atoms with Gasteiger partial charge in [-0.3, -0.25) is 15.0 Å². The molecule has 0 unspecified atom stereocenters. The van der Waals surface area contributed by atoms with Crippen molar-refractivity contribution in [2.45, 2.75) is 81.5 Å². The van der Waals surface area contributed by atoms with Gasteiger partial charge in [-0.1, -0.05) is 85.0 Å². The summed E-state index contributed by atoms with van der Waals surface area (Å²) in [5, 5.41) is 41.2. The molecule has 9 saturated heterocycles. The van der Waals surface area contributed by atoms with Crippen molar-refractivity contribution in [1.29, 1.82) is 0 Å². The fourth-order valence-electron chi connectivity index (χ4n) is 17.3. The molecule has 7 aromatic rings. The number of aliphatic hydroxyl groups excluding tert-OH is 3. The summed E-state index contributed by atoms with van der Waals surface area (Å²) in [5.41, 5.74) is 8.23. The Morgan fingerprint density at radius 1 is 0.474 bits per heavy atom. The standard InChI is InChI=1S/C68H80N7O3/c1-4-47-43-73(34-26-50(47)39-63(73)66(76)57-23-29-69-60-16-10-7-13-54(57)60)37-32-72(33-38-74-35-27-51(48(5-2)44-74)40-64(74)67(77)58-24-30-70-61-17-11-8-14-55(58)61)53-21-19-46(20-22-53)42-75-36-28-52(49(6-3)45-75)41-65(75)68(78)59-25-31-71-62-18-12-9-15-56(59)62/h4-25,29-31,47-52,63-68,76-78H,1-3,26-28,32-45H2/q+3/t47-,48-,49-,50-,51-,52-,63+,64+,65+,66+,67+,68+,73+,74+,75+/m0/s1. The minimum absolute atomic E-state index is 0.0523. The number of aromatic nitrogens is 3. The van der Waals surface area contributed by atoms with Crippen LogP contribution in [0, 0.1) is 35.5 Å². The van der Waals surface area contributed by atoms with Gasteiger partial charge >= 0.3 is 0 Å². The number of aliphatic hydroxyl groups is 3. The number of benzene rings is 4. The van der Waals surface area contributed by atoms with Gasteiger partial charge in [-0.25, -0.2) is 0 Å². The van der Waals surface area contributed by atoms with E-state index in [0.29, 0.717) is 35.5 Å². The average molecular weight is 1040 g/mol. The Kier molecular flexibility index (Phi) is 13.7. The number of rotatable bonds is 18. The van der Waals surface area contributed by atoms with Crippen molar-refractivity contribution in [3.63, 3.8) is 0 Å². The highest BCUT2D eigenvalue weighted by atomic mass is 16.3. The monoisotopic (exact) mass is 1040 g/mol. The molecule has 0 amide bonds. The fourth-order valence-corrected chi connectivity index (χ4v) is 17.3. The van der Waals surface area contributed by atoms with Crippen LogP contribution in [0.3, 0.4) is 0 Å². The Bertz CT molecular complexity index is 3200.